The van der Waals surface area contributed by atoms with E-state index >= 15 is 0 Å². The molecule has 0 saturated heterocycles. The average molecular weight is 459 g/mol. The van der Waals surface area contributed by atoms with Crippen molar-refractivity contribution in [1.82, 2.24) is 4.90 Å². The molecule has 172 valence electrons. The van der Waals surface area contributed by atoms with Gasteiger partial charge in [0.1, 0.15) is 5.75 Å². The number of nitrogens with zero attached hydrogens (tertiary/aromatic N) is 3. The first-order valence-corrected chi connectivity index (χ1v) is 10.3. The molecule has 10 nitrogen and oxygen atoms in total. The fraction of sp³-hybridized carbons (Fsp3) is 0.125. The highest BCUT2D eigenvalue weighted by Crippen LogP contribution is 2.30. The van der Waals surface area contributed by atoms with Gasteiger partial charge in [-0.3, -0.25) is 19.8 Å². The number of hydrogen-bond acceptors (Lipinski definition) is 6. The van der Waals surface area contributed by atoms with Gasteiger partial charge in [0.2, 0.25) is 6.17 Å². The second kappa shape index (κ2) is 9.41. The maximum atomic E-state index is 13.1. The molecule has 0 fully saturated rings. The van der Waals surface area contributed by atoms with Gasteiger partial charge >= 0.3 is 6.03 Å². The monoisotopic (exact) mass is 459 g/mol. The van der Waals surface area contributed by atoms with E-state index in [1.165, 1.54) is 32.4 Å². The Bertz CT molecular complexity index is 1290. The summed E-state index contributed by atoms with van der Waals surface area (Å²) in [5.74, 6) is -0.367. The second-order valence-electron chi connectivity index (χ2n) is 7.43. The minimum absolute atomic E-state index is 0.113. The summed E-state index contributed by atoms with van der Waals surface area (Å²) in [7, 11) is 2.78. The highest BCUT2D eigenvalue weighted by atomic mass is 16.6. The molecule has 10 heteroatoms. The number of urea groups is 1. The van der Waals surface area contributed by atoms with E-state index in [2.05, 4.69) is 15.6 Å². The van der Waals surface area contributed by atoms with E-state index in [4.69, 9.17) is 4.74 Å². The summed E-state index contributed by atoms with van der Waals surface area (Å²) in [6, 6.07) is 19.8. The zero-order chi connectivity index (χ0) is 24.2. The van der Waals surface area contributed by atoms with Gasteiger partial charge in [-0.25, -0.2) is 9.79 Å². The predicted octanol–water partition coefficient (Wildman–Crippen LogP) is 3.88. The number of benzene rings is 3. The van der Waals surface area contributed by atoms with Crippen molar-refractivity contribution in [1.29, 1.82) is 0 Å². The molecule has 1 atom stereocenters. The molecule has 34 heavy (non-hydrogen) atoms. The van der Waals surface area contributed by atoms with Crippen LogP contribution in [0.2, 0.25) is 0 Å². The summed E-state index contributed by atoms with van der Waals surface area (Å²) in [5, 5.41) is 16.5. The number of aliphatic imine (C=N–C) groups is 1. The summed E-state index contributed by atoms with van der Waals surface area (Å²) in [6.07, 6.45) is -1.17. The minimum atomic E-state index is -1.17. The normalized spacial score (nSPS) is 14.7. The van der Waals surface area contributed by atoms with Crippen molar-refractivity contribution in [2.24, 2.45) is 4.99 Å². The Kier molecular flexibility index (Phi) is 6.22. The Hall–Kier alpha value is -4.73. The summed E-state index contributed by atoms with van der Waals surface area (Å²) < 4.78 is 5.18. The first kappa shape index (κ1) is 22.5. The van der Waals surface area contributed by atoms with Gasteiger partial charge in [-0.1, -0.05) is 48.5 Å². The van der Waals surface area contributed by atoms with Gasteiger partial charge in [-0.15, -0.1) is 0 Å². The number of rotatable bonds is 5. The average Bonchev–Trinajstić information content (AvgIpc) is 3.00. The standard InChI is InChI=1S/C24H21N5O5/c1-28(24(31)26-19-13-12-16(29(32)33)14-20(19)34-2)22-23(30)25-18-11-7-6-10-17(18)21(27-22)15-8-4-3-5-9-15/h3-14,22H,1-2H3,(H,25,30)(H,26,31). The van der Waals surface area contributed by atoms with Crippen LogP contribution < -0.4 is 15.4 Å². The van der Waals surface area contributed by atoms with E-state index in [-0.39, 0.29) is 17.1 Å². The molecule has 3 amide bonds. The Morgan fingerprint density at radius 2 is 1.82 bits per heavy atom. The largest absolute Gasteiger partial charge is 0.494 e. The summed E-state index contributed by atoms with van der Waals surface area (Å²) >= 11 is 0. The van der Waals surface area contributed by atoms with Crippen LogP contribution in [0.3, 0.4) is 0 Å². The van der Waals surface area contributed by atoms with Gasteiger partial charge in [0, 0.05) is 24.2 Å². The van der Waals surface area contributed by atoms with Crippen molar-refractivity contribution in [3.63, 3.8) is 0 Å². The molecule has 4 rings (SSSR count). The van der Waals surface area contributed by atoms with Crippen molar-refractivity contribution in [2.45, 2.75) is 6.17 Å². The molecule has 1 unspecified atom stereocenters. The number of carbonyl (C=O) groups is 2. The van der Waals surface area contributed by atoms with Crippen LogP contribution in [-0.2, 0) is 4.79 Å². The quantitative estimate of drug-likeness (QED) is 0.442. The molecule has 0 saturated carbocycles. The molecular weight excluding hydrogens is 438 g/mol. The number of fused-ring (bicyclic) bond motifs is 1. The SMILES string of the molecule is COc1cc([N+](=O)[O-])ccc1NC(=O)N(C)C1N=C(c2ccccc2)c2ccccc2NC1=O. The number of hydrogen-bond donors (Lipinski definition) is 2. The van der Waals surface area contributed by atoms with E-state index in [1.54, 1.807) is 12.1 Å². The number of anilines is 2. The number of para-hydroxylation sites is 1. The van der Waals surface area contributed by atoms with E-state index in [1.807, 2.05) is 42.5 Å². The number of ether oxygens (including phenoxy) is 1. The highest BCUT2D eigenvalue weighted by molar-refractivity contribution is 6.19. The highest BCUT2D eigenvalue weighted by Gasteiger charge is 2.31. The number of carbonyl (C=O) groups excluding carboxylic acids is 2. The van der Waals surface area contributed by atoms with Gasteiger partial charge in [0.15, 0.2) is 0 Å². The first-order chi connectivity index (χ1) is 16.4. The summed E-state index contributed by atoms with van der Waals surface area (Å²) in [5.41, 5.74) is 2.71. The van der Waals surface area contributed by atoms with Crippen molar-refractivity contribution >= 4 is 34.7 Å². The van der Waals surface area contributed by atoms with Crippen LogP contribution in [0.5, 0.6) is 5.75 Å². The van der Waals surface area contributed by atoms with Gasteiger partial charge < -0.3 is 15.4 Å². The van der Waals surface area contributed by atoms with Gasteiger partial charge in [-0.05, 0) is 12.1 Å². The third-order valence-corrected chi connectivity index (χ3v) is 5.30. The Labute approximate surface area is 195 Å². The Morgan fingerprint density at radius 3 is 2.53 bits per heavy atom. The van der Waals surface area contributed by atoms with Crippen LogP contribution in [0.25, 0.3) is 0 Å². The lowest BCUT2D eigenvalue weighted by atomic mass is 10.0. The van der Waals surface area contributed by atoms with Crippen LogP contribution in [0, 0.1) is 10.1 Å². The number of likely N-dealkylation sites (N-methyl/N-ethyl adjacent to an activating group) is 1. The topological polar surface area (TPSA) is 126 Å². The number of nitrogens with one attached hydrogen (secondary N) is 2. The van der Waals surface area contributed by atoms with Gasteiger partial charge in [0.25, 0.3) is 11.6 Å². The molecule has 3 aromatic carbocycles. The van der Waals surface area contributed by atoms with E-state index in [9.17, 15) is 19.7 Å². The lowest BCUT2D eigenvalue weighted by Gasteiger charge is -2.24. The number of nitro benzene ring substituents is 1. The minimum Gasteiger partial charge on any atom is -0.494 e. The molecule has 0 bridgehead atoms. The third kappa shape index (κ3) is 4.42. The Balaban J connectivity index is 1.67. The third-order valence-electron chi connectivity index (χ3n) is 5.30. The van der Waals surface area contributed by atoms with Gasteiger partial charge in [0.05, 0.1) is 35.2 Å². The zero-order valence-corrected chi connectivity index (χ0v) is 18.4. The smallest absolute Gasteiger partial charge is 0.323 e. The van der Waals surface area contributed by atoms with Crippen molar-refractivity contribution in [3.05, 3.63) is 94.0 Å². The fourth-order valence-electron chi connectivity index (χ4n) is 3.55. The van der Waals surface area contributed by atoms with Gasteiger partial charge in [-0.2, -0.15) is 0 Å². The molecule has 0 radical (unpaired) electrons. The molecule has 2 N–H and O–H groups in total. The van der Waals surface area contributed by atoms with Crippen molar-refractivity contribution < 1.29 is 19.2 Å². The zero-order valence-electron chi connectivity index (χ0n) is 18.4. The lowest BCUT2D eigenvalue weighted by molar-refractivity contribution is -0.384. The summed E-state index contributed by atoms with van der Waals surface area (Å²) in [6.45, 7) is 0. The number of benzodiazepines with no additional fused rings is 1. The van der Waals surface area contributed by atoms with E-state index in [0.717, 1.165) is 16.0 Å². The van der Waals surface area contributed by atoms with Crippen LogP contribution in [-0.4, -0.2) is 47.8 Å². The first-order valence-electron chi connectivity index (χ1n) is 10.3. The number of non-ortho nitro benzene ring substituents is 1. The van der Waals surface area contributed by atoms with Crippen molar-refractivity contribution in [3.8, 4) is 5.75 Å². The van der Waals surface area contributed by atoms with Crippen LogP contribution in [0.15, 0.2) is 77.8 Å². The van der Waals surface area contributed by atoms with E-state index < -0.39 is 23.0 Å². The second-order valence-corrected chi connectivity index (χ2v) is 7.43. The van der Waals surface area contributed by atoms with E-state index in [0.29, 0.717) is 11.4 Å². The molecule has 0 spiro atoms. The van der Waals surface area contributed by atoms with Crippen LogP contribution >= 0.6 is 0 Å². The molecule has 3 aromatic rings. The fourth-order valence-corrected chi connectivity index (χ4v) is 3.55. The van der Waals surface area contributed by atoms with Crippen LogP contribution in [0.1, 0.15) is 11.1 Å². The molecule has 1 aliphatic rings. The summed E-state index contributed by atoms with van der Waals surface area (Å²) in [4.78, 5) is 42.4. The Morgan fingerprint density at radius 1 is 1.12 bits per heavy atom. The molecule has 0 aliphatic carbocycles. The molecule has 1 heterocycles. The maximum Gasteiger partial charge on any atom is 0.323 e. The number of methoxy groups -OCH3 is 1. The van der Waals surface area contributed by atoms with Crippen LogP contribution in [0.4, 0.5) is 21.9 Å². The lowest BCUT2D eigenvalue weighted by Crippen LogP contribution is -2.45. The molecule has 0 aromatic heterocycles. The maximum absolute atomic E-state index is 13.1. The van der Waals surface area contributed by atoms with Crippen molar-refractivity contribution in [2.75, 3.05) is 24.8 Å². The molecule has 1 aliphatic heterocycles. The number of amides is 3. The number of nitro groups is 1. The molecular formula is C24H21N5O5. The predicted molar refractivity (Wildman–Crippen MR) is 127 cm³/mol.